The second-order valence-electron chi connectivity index (χ2n) is 6.85. The van der Waals surface area contributed by atoms with E-state index < -0.39 is 17.1 Å². The van der Waals surface area contributed by atoms with Crippen molar-refractivity contribution in [2.75, 3.05) is 0 Å². The highest BCUT2D eigenvalue weighted by molar-refractivity contribution is 5.98. The minimum absolute atomic E-state index is 0.0474. The first-order valence-corrected chi connectivity index (χ1v) is 9.64. The molecule has 0 atom stereocenters. The van der Waals surface area contributed by atoms with Crippen LogP contribution in [0.25, 0.3) is 11.5 Å². The van der Waals surface area contributed by atoms with Crippen LogP contribution >= 0.6 is 0 Å². The van der Waals surface area contributed by atoms with Crippen LogP contribution in [0.4, 0.5) is 0 Å². The van der Waals surface area contributed by atoms with Gasteiger partial charge in [0.2, 0.25) is 5.75 Å². The number of carbonyl (C=O) groups excluding carboxylic acids is 1. The maximum Gasteiger partial charge on any atom is 0.294 e. The topological polar surface area (TPSA) is 105 Å². The second kappa shape index (κ2) is 9.04. The molecule has 0 amide bonds. The monoisotopic (exact) mass is 413 g/mol. The number of benzene rings is 2. The van der Waals surface area contributed by atoms with Crippen LogP contribution in [0, 0.1) is 0 Å². The van der Waals surface area contributed by atoms with E-state index in [1.807, 2.05) is 30.3 Å². The molecule has 0 saturated heterocycles. The fraction of sp³-hybridized carbons (Fsp3) is 0.0833. The Morgan fingerprint density at radius 1 is 0.968 bits per heavy atom. The number of hydrogen-bond donors (Lipinski definition) is 2. The van der Waals surface area contributed by atoms with Crippen LogP contribution in [0.5, 0.6) is 11.5 Å². The van der Waals surface area contributed by atoms with Crippen molar-refractivity contribution in [2.24, 2.45) is 0 Å². The SMILES string of the molecule is O=C(Cc1cccc(OCc2ccccc2)c1)c1nc(-c2ccccn2)[nH]c(=O)c1O. The Morgan fingerprint density at radius 3 is 2.52 bits per heavy atom. The zero-order valence-corrected chi connectivity index (χ0v) is 16.5. The van der Waals surface area contributed by atoms with Gasteiger partial charge in [0.25, 0.3) is 5.56 Å². The zero-order valence-electron chi connectivity index (χ0n) is 16.5. The van der Waals surface area contributed by atoms with E-state index >= 15 is 0 Å². The van der Waals surface area contributed by atoms with Gasteiger partial charge in [0.05, 0.1) is 0 Å². The Kier molecular flexibility index (Phi) is 5.84. The maximum atomic E-state index is 12.8. The Balaban J connectivity index is 1.53. The molecule has 7 heteroatoms. The number of hydrogen-bond acceptors (Lipinski definition) is 6. The average molecular weight is 413 g/mol. The van der Waals surface area contributed by atoms with E-state index in [0.29, 0.717) is 23.6 Å². The lowest BCUT2D eigenvalue weighted by Crippen LogP contribution is -2.17. The zero-order chi connectivity index (χ0) is 21.6. The lowest BCUT2D eigenvalue weighted by atomic mass is 10.1. The Bertz CT molecular complexity index is 1250. The summed E-state index contributed by atoms with van der Waals surface area (Å²) in [6.45, 7) is 0.405. The number of nitrogens with zero attached hydrogens (tertiary/aromatic N) is 2. The molecule has 31 heavy (non-hydrogen) atoms. The molecule has 4 aromatic rings. The second-order valence-corrected chi connectivity index (χ2v) is 6.85. The number of aromatic amines is 1. The summed E-state index contributed by atoms with van der Waals surface area (Å²) in [5.74, 6) is -0.458. The summed E-state index contributed by atoms with van der Waals surface area (Å²) in [6.07, 6.45) is 1.50. The van der Waals surface area contributed by atoms with Crippen LogP contribution < -0.4 is 10.3 Å². The van der Waals surface area contributed by atoms with Crippen LogP contribution in [0.3, 0.4) is 0 Å². The standard InChI is InChI=1S/C24H19N3O4/c28-20(21-22(29)24(30)27-23(26-21)19-11-4-5-12-25-19)14-17-9-6-10-18(13-17)31-15-16-7-2-1-3-8-16/h1-13,29H,14-15H2,(H,26,27,30). The largest absolute Gasteiger partial charge is 0.501 e. The summed E-state index contributed by atoms with van der Waals surface area (Å²) >= 11 is 0. The molecule has 7 nitrogen and oxygen atoms in total. The fourth-order valence-corrected chi connectivity index (χ4v) is 3.04. The van der Waals surface area contributed by atoms with Gasteiger partial charge in [-0.2, -0.15) is 0 Å². The summed E-state index contributed by atoms with van der Waals surface area (Å²) in [4.78, 5) is 35.7. The van der Waals surface area contributed by atoms with Crippen molar-refractivity contribution in [3.05, 3.63) is 106 Å². The van der Waals surface area contributed by atoms with Crippen molar-refractivity contribution < 1.29 is 14.6 Å². The first-order valence-electron chi connectivity index (χ1n) is 9.64. The molecule has 0 bridgehead atoms. The predicted molar refractivity (Wildman–Crippen MR) is 115 cm³/mol. The van der Waals surface area contributed by atoms with Crippen LogP contribution in [-0.4, -0.2) is 25.8 Å². The van der Waals surface area contributed by atoms with Gasteiger partial charge in [0, 0.05) is 12.6 Å². The molecule has 0 saturated carbocycles. The molecule has 2 heterocycles. The van der Waals surface area contributed by atoms with Crippen LogP contribution in [0.1, 0.15) is 21.6 Å². The average Bonchev–Trinajstić information content (AvgIpc) is 2.81. The number of aromatic hydroxyl groups is 1. The number of Topliss-reactive ketones (excluding diaryl/α,β-unsaturated/α-hetero) is 1. The predicted octanol–water partition coefficient (Wildman–Crippen LogP) is 3.54. The van der Waals surface area contributed by atoms with Gasteiger partial charge in [-0.15, -0.1) is 0 Å². The highest BCUT2D eigenvalue weighted by atomic mass is 16.5. The van der Waals surface area contributed by atoms with E-state index in [9.17, 15) is 14.7 Å². The van der Waals surface area contributed by atoms with E-state index in [0.717, 1.165) is 5.56 Å². The molecular formula is C24H19N3O4. The van der Waals surface area contributed by atoms with Gasteiger partial charge in [-0.25, -0.2) is 4.98 Å². The quantitative estimate of drug-likeness (QED) is 0.449. The summed E-state index contributed by atoms with van der Waals surface area (Å²) in [5, 5.41) is 10.1. The van der Waals surface area contributed by atoms with Gasteiger partial charge >= 0.3 is 0 Å². The Hall–Kier alpha value is -4.26. The first kappa shape index (κ1) is 20.0. The molecule has 154 valence electrons. The molecule has 2 aromatic heterocycles. The molecular weight excluding hydrogens is 394 g/mol. The molecule has 0 aliphatic heterocycles. The third-order valence-electron chi connectivity index (χ3n) is 4.58. The first-order chi connectivity index (χ1) is 15.1. The van der Waals surface area contributed by atoms with Crippen molar-refractivity contribution in [2.45, 2.75) is 13.0 Å². The summed E-state index contributed by atoms with van der Waals surface area (Å²) in [5.41, 5.74) is 1.02. The van der Waals surface area contributed by atoms with Crippen LogP contribution in [0.15, 0.2) is 83.8 Å². The fourth-order valence-electron chi connectivity index (χ4n) is 3.04. The van der Waals surface area contributed by atoms with Crippen LogP contribution in [0.2, 0.25) is 0 Å². The molecule has 2 N–H and O–H groups in total. The molecule has 0 unspecified atom stereocenters. The van der Waals surface area contributed by atoms with Crippen molar-refractivity contribution in [3.63, 3.8) is 0 Å². The minimum atomic E-state index is -0.793. The molecule has 0 aliphatic carbocycles. The van der Waals surface area contributed by atoms with Crippen molar-refractivity contribution in [1.29, 1.82) is 0 Å². The number of carbonyl (C=O) groups is 1. The van der Waals surface area contributed by atoms with Gasteiger partial charge in [0.1, 0.15) is 18.1 Å². The summed E-state index contributed by atoms with van der Waals surface area (Å²) in [7, 11) is 0. The Morgan fingerprint density at radius 2 is 1.74 bits per heavy atom. The number of nitrogens with one attached hydrogen (secondary N) is 1. The molecule has 4 rings (SSSR count). The van der Waals surface area contributed by atoms with E-state index in [-0.39, 0.29) is 17.9 Å². The van der Waals surface area contributed by atoms with Crippen molar-refractivity contribution in [3.8, 4) is 23.0 Å². The highest BCUT2D eigenvalue weighted by Gasteiger charge is 2.19. The lowest BCUT2D eigenvalue weighted by molar-refractivity contribution is 0.0985. The molecule has 0 radical (unpaired) electrons. The normalized spacial score (nSPS) is 10.6. The van der Waals surface area contributed by atoms with Crippen LogP contribution in [-0.2, 0) is 13.0 Å². The number of rotatable bonds is 7. The van der Waals surface area contributed by atoms with Crippen molar-refractivity contribution in [1.82, 2.24) is 15.0 Å². The van der Waals surface area contributed by atoms with E-state index in [1.165, 1.54) is 0 Å². The lowest BCUT2D eigenvalue weighted by Gasteiger charge is -2.09. The minimum Gasteiger partial charge on any atom is -0.501 e. The van der Waals surface area contributed by atoms with Crippen molar-refractivity contribution >= 4 is 5.78 Å². The van der Waals surface area contributed by atoms with Gasteiger partial charge in [0.15, 0.2) is 17.3 Å². The Labute approximate surface area is 178 Å². The number of H-pyrrole nitrogens is 1. The van der Waals surface area contributed by atoms with E-state index in [1.54, 1.807) is 48.7 Å². The smallest absolute Gasteiger partial charge is 0.294 e. The summed E-state index contributed by atoms with van der Waals surface area (Å²) in [6, 6.07) is 22.0. The molecule has 0 aliphatic rings. The molecule has 0 spiro atoms. The van der Waals surface area contributed by atoms with E-state index in [4.69, 9.17) is 4.74 Å². The highest BCUT2D eigenvalue weighted by Crippen LogP contribution is 2.20. The number of ketones is 1. The number of pyridine rings is 1. The summed E-state index contributed by atoms with van der Waals surface area (Å²) < 4.78 is 5.80. The third kappa shape index (κ3) is 4.84. The van der Waals surface area contributed by atoms with Gasteiger partial charge in [-0.05, 0) is 35.4 Å². The third-order valence-corrected chi connectivity index (χ3v) is 4.58. The van der Waals surface area contributed by atoms with E-state index in [2.05, 4.69) is 15.0 Å². The van der Waals surface area contributed by atoms with Gasteiger partial charge < -0.3 is 14.8 Å². The number of ether oxygens (including phenoxy) is 1. The molecule has 0 fully saturated rings. The number of aromatic nitrogens is 3. The maximum absolute atomic E-state index is 12.8. The van der Waals surface area contributed by atoms with Gasteiger partial charge in [-0.1, -0.05) is 48.5 Å². The molecule has 2 aromatic carbocycles. The van der Waals surface area contributed by atoms with Gasteiger partial charge in [-0.3, -0.25) is 14.6 Å².